The molecule has 0 saturated carbocycles. The van der Waals surface area contributed by atoms with Crippen LogP contribution >= 0.6 is 0 Å². The first-order chi connectivity index (χ1) is 16.1. The number of hydrogen-bond donors (Lipinski definition) is 2. The van der Waals surface area contributed by atoms with Crippen molar-refractivity contribution in [3.05, 3.63) is 52.6 Å². The minimum Gasteiger partial charge on any atom is -0.383 e. The van der Waals surface area contributed by atoms with Crippen LogP contribution in [0.5, 0.6) is 0 Å². The normalized spacial score (nSPS) is 18.0. The fraction of sp³-hybridized carbons (Fsp3) is 0.480. The fourth-order valence-corrected chi connectivity index (χ4v) is 5.22. The molecule has 8 nitrogen and oxygen atoms in total. The molecule has 5 rings (SSSR count). The van der Waals surface area contributed by atoms with Gasteiger partial charge in [-0.15, -0.1) is 0 Å². The van der Waals surface area contributed by atoms with Crippen molar-refractivity contribution in [1.82, 2.24) is 24.8 Å². The van der Waals surface area contributed by atoms with Crippen molar-refractivity contribution in [2.45, 2.75) is 45.3 Å². The second-order valence-electron chi connectivity index (χ2n) is 8.85. The second-order valence-corrected chi connectivity index (χ2v) is 8.85. The number of fused-ring (bicyclic) bond motifs is 2. The molecule has 1 saturated heterocycles. The fourth-order valence-electron chi connectivity index (χ4n) is 5.22. The van der Waals surface area contributed by atoms with Gasteiger partial charge in [-0.1, -0.05) is 18.2 Å². The lowest BCUT2D eigenvalue weighted by atomic mass is 10.0. The van der Waals surface area contributed by atoms with Crippen LogP contribution in [0.1, 0.15) is 52.0 Å². The molecule has 1 atom stereocenters. The van der Waals surface area contributed by atoms with E-state index in [0.717, 1.165) is 77.4 Å². The summed E-state index contributed by atoms with van der Waals surface area (Å²) in [6.07, 6.45) is 2.93. The lowest BCUT2D eigenvalue weighted by molar-refractivity contribution is 0.0732. The van der Waals surface area contributed by atoms with E-state index in [1.165, 1.54) is 0 Å². The van der Waals surface area contributed by atoms with E-state index in [4.69, 9.17) is 14.7 Å². The third-order valence-corrected chi connectivity index (χ3v) is 6.94. The number of anilines is 1. The Kier molecular flexibility index (Phi) is 6.03. The second kappa shape index (κ2) is 9.11. The van der Waals surface area contributed by atoms with E-state index in [2.05, 4.69) is 21.3 Å². The molecule has 0 aliphatic carbocycles. The molecular weight excluding hydrogens is 416 g/mol. The first-order valence-corrected chi connectivity index (χ1v) is 11.8. The minimum absolute atomic E-state index is 0.0654. The summed E-state index contributed by atoms with van der Waals surface area (Å²) in [5.74, 6) is 1.79. The van der Waals surface area contributed by atoms with Gasteiger partial charge in [0.1, 0.15) is 11.6 Å². The van der Waals surface area contributed by atoms with Gasteiger partial charge in [0.25, 0.3) is 5.91 Å². The largest absolute Gasteiger partial charge is 0.383 e. The number of benzene rings is 1. The number of nitrogens with zero attached hydrogens (tertiary/aromatic N) is 4. The van der Waals surface area contributed by atoms with Crippen LogP contribution in [0.4, 0.5) is 5.82 Å². The molecular formula is C25H32N6O2. The number of carbonyl (C=O) groups excluding carboxylic acids is 1. The van der Waals surface area contributed by atoms with Crippen molar-refractivity contribution in [2.75, 3.05) is 39.2 Å². The van der Waals surface area contributed by atoms with Crippen LogP contribution in [0.15, 0.2) is 24.3 Å². The van der Waals surface area contributed by atoms with Crippen molar-refractivity contribution < 1.29 is 9.53 Å². The Bertz CT molecular complexity index is 1180. The van der Waals surface area contributed by atoms with Gasteiger partial charge in [-0.25, -0.2) is 9.97 Å². The van der Waals surface area contributed by atoms with E-state index < -0.39 is 0 Å². The van der Waals surface area contributed by atoms with E-state index >= 15 is 0 Å². The summed E-state index contributed by atoms with van der Waals surface area (Å²) < 4.78 is 7.50. The Hall–Kier alpha value is -2.97. The van der Waals surface area contributed by atoms with Gasteiger partial charge < -0.3 is 24.8 Å². The first kappa shape index (κ1) is 21.9. The highest BCUT2D eigenvalue weighted by Gasteiger charge is 2.30. The van der Waals surface area contributed by atoms with Gasteiger partial charge in [-0.2, -0.15) is 0 Å². The van der Waals surface area contributed by atoms with Crippen molar-refractivity contribution >= 4 is 22.6 Å². The number of hydrogen-bond acceptors (Lipinski definition) is 6. The Labute approximate surface area is 194 Å². The zero-order chi connectivity index (χ0) is 22.9. The summed E-state index contributed by atoms with van der Waals surface area (Å²) in [5, 5.41) is 7.74. The topological polar surface area (TPSA) is 84.3 Å². The molecule has 0 radical (unpaired) electrons. The number of rotatable bonds is 6. The molecule has 2 aromatic heterocycles. The van der Waals surface area contributed by atoms with Crippen LogP contribution in [0.3, 0.4) is 0 Å². The van der Waals surface area contributed by atoms with E-state index in [-0.39, 0.29) is 11.9 Å². The Morgan fingerprint density at radius 3 is 2.91 bits per heavy atom. The third-order valence-electron chi connectivity index (χ3n) is 6.94. The van der Waals surface area contributed by atoms with Gasteiger partial charge in [-0.05, 0) is 38.8 Å². The van der Waals surface area contributed by atoms with Crippen LogP contribution in [0.25, 0.3) is 10.9 Å². The number of para-hydroxylation sites is 1. The van der Waals surface area contributed by atoms with Gasteiger partial charge in [0.15, 0.2) is 0 Å². The molecule has 8 heteroatoms. The number of ether oxygens (including phenoxy) is 1. The Morgan fingerprint density at radius 2 is 2.15 bits per heavy atom. The maximum absolute atomic E-state index is 13.8. The zero-order valence-electron chi connectivity index (χ0n) is 19.6. The molecule has 174 valence electrons. The summed E-state index contributed by atoms with van der Waals surface area (Å²) >= 11 is 0. The van der Waals surface area contributed by atoms with Gasteiger partial charge in [0.05, 0.1) is 30.5 Å². The summed E-state index contributed by atoms with van der Waals surface area (Å²) in [6, 6.07) is 8.33. The first-order valence-electron chi connectivity index (χ1n) is 11.8. The van der Waals surface area contributed by atoms with Gasteiger partial charge in [0.2, 0.25) is 0 Å². The van der Waals surface area contributed by atoms with Crippen LogP contribution in [0, 0.1) is 6.92 Å². The minimum atomic E-state index is 0.0654. The van der Waals surface area contributed by atoms with Gasteiger partial charge in [-0.3, -0.25) is 4.79 Å². The highest BCUT2D eigenvalue weighted by Crippen LogP contribution is 2.31. The summed E-state index contributed by atoms with van der Waals surface area (Å²) in [5.41, 5.74) is 4.92. The standard InChI is InChI=1S/C25H32N6O2/c1-16-22(18-7-4-5-9-21(18)31(16)13-14-33-3)25(32)30-12-10-17-20(15-30)28-24(29-23(17)26-2)19-8-6-11-27-19/h4-5,7,9,19,27H,6,8,10-15H2,1-3H3,(H,26,28,29)/t19-/m1/s1. The summed E-state index contributed by atoms with van der Waals surface area (Å²) in [6.45, 7) is 5.51. The average molecular weight is 449 g/mol. The molecule has 1 fully saturated rings. The van der Waals surface area contributed by atoms with Gasteiger partial charge >= 0.3 is 0 Å². The predicted octanol–water partition coefficient (Wildman–Crippen LogP) is 3.05. The van der Waals surface area contributed by atoms with Crippen molar-refractivity contribution in [2.24, 2.45) is 0 Å². The maximum Gasteiger partial charge on any atom is 0.256 e. The molecule has 2 N–H and O–H groups in total. The molecule has 33 heavy (non-hydrogen) atoms. The van der Waals surface area contributed by atoms with Crippen LogP contribution in [0.2, 0.25) is 0 Å². The van der Waals surface area contributed by atoms with Crippen LogP contribution in [-0.4, -0.2) is 59.2 Å². The van der Waals surface area contributed by atoms with Crippen molar-refractivity contribution in [1.29, 1.82) is 0 Å². The predicted molar refractivity (Wildman–Crippen MR) is 129 cm³/mol. The number of amides is 1. The monoisotopic (exact) mass is 448 g/mol. The molecule has 1 aromatic carbocycles. The quantitative estimate of drug-likeness (QED) is 0.603. The van der Waals surface area contributed by atoms with E-state index in [9.17, 15) is 4.79 Å². The lowest BCUT2D eigenvalue weighted by Crippen LogP contribution is -2.37. The lowest BCUT2D eigenvalue weighted by Gasteiger charge is -2.30. The summed E-state index contributed by atoms with van der Waals surface area (Å²) in [4.78, 5) is 25.5. The molecule has 2 aliphatic heterocycles. The smallest absolute Gasteiger partial charge is 0.256 e. The van der Waals surface area contributed by atoms with Crippen LogP contribution in [-0.2, 0) is 24.2 Å². The number of nitrogens with one attached hydrogen (secondary N) is 2. The van der Waals surface area contributed by atoms with Gasteiger partial charge in [0, 0.05) is 49.4 Å². The molecule has 2 aliphatic rings. The zero-order valence-corrected chi connectivity index (χ0v) is 19.6. The molecule has 1 amide bonds. The Balaban J connectivity index is 1.49. The highest BCUT2D eigenvalue weighted by molar-refractivity contribution is 6.08. The SMILES string of the molecule is CNc1nc([C@H]2CCCN2)nc2c1CCN(C(=O)c1c(C)n(CCOC)c3ccccc13)C2. The van der Waals surface area contributed by atoms with Crippen molar-refractivity contribution in [3.8, 4) is 0 Å². The van der Waals surface area contributed by atoms with Crippen LogP contribution < -0.4 is 10.6 Å². The number of aromatic nitrogens is 3. The molecule has 0 bridgehead atoms. The number of methoxy groups -OCH3 is 1. The third kappa shape index (κ3) is 3.87. The van der Waals surface area contributed by atoms with E-state index in [0.29, 0.717) is 19.7 Å². The average Bonchev–Trinajstić information content (AvgIpc) is 3.47. The molecule has 0 unspecified atom stereocenters. The Morgan fingerprint density at radius 1 is 1.30 bits per heavy atom. The highest BCUT2D eigenvalue weighted by atomic mass is 16.5. The van der Waals surface area contributed by atoms with Crippen molar-refractivity contribution in [3.63, 3.8) is 0 Å². The number of carbonyl (C=O) groups is 1. The summed E-state index contributed by atoms with van der Waals surface area (Å²) in [7, 11) is 3.61. The molecule has 3 aromatic rings. The molecule has 0 spiro atoms. The van der Waals surface area contributed by atoms with E-state index in [1.54, 1.807) is 7.11 Å². The maximum atomic E-state index is 13.8. The van der Waals surface area contributed by atoms with E-state index in [1.807, 2.05) is 37.1 Å². The molecule has 4 heterocycles.